The smallest absolute Gasteiger partial charge is 0.313 e. The number of likely N-dealkylation sites (tertiary alicyclic amines) is 2. The molecule has 3 aliphatic heterocycles. The maximum absolute atomic E-state index is 13.5. The summed E-state index contributed by atoms with van der Waals surface area (Å²) in [4.78, 5) is 27.4. The Kier molecular flexibility index (Phi) is 7.89. The van der Waals surface area contributed by atoms with E-state index in [1.807, 2.05) is 43.5 Å². The van der Waals surface area contributed by atoms with E-state index >= 15 is 0 Å². The number of hydrogen-bond acceptors (Lipinski definition) is 7. The molecule has 3 heterocycles. The van der Waals surface area contributed by atoms with Crippen molar-refractivity contribution < 1.29 is 32.3 Å². The van der Waals surface area contributed by atoms with Gasteiger partial charge in [0, 0.05) is 25.9 Å². The van der Waals surface area contributed by atoms with E-state index in [-0.39, 0.29) is 48.8 Å². The Morgan fingerprint density at radius 2 is 1.86 bits per heavy atom. The Morgan fingerprint density at radius 1 is 1.17 bits per heavy atom. The van der Waals surface area contributed by atoms with Gasteiger partial charge in [0.15, 0.2) is 0 Å². The molecule has 0 aliphatic carbocycles. The molecule has 0 radical (unpaired) electrons. The van der Waals surface area contributed by atoms with E-state index in [4.69, 9.17) is 4.74 Å². The maximum atomic E-state index is 13.5. The number of likely N-dealkylation sites (N-methyl/N-ethyl adjacent to an activating group) is 1. The SMILES string of the molecule is COC(=O)C1(CS(=O)(=O)N2CC=C(c3ccccc3)CC2)CC[N+](C[C@@H]2CCCN2C)(C(=O)[O-])CC1. The first kappa shape index (κ1) is 26.8. The van der Waals surface area contributed by atoms with E-state index in [1.54, 1.807) is 0 Å². The third kappa shape index (κ3) is 5.37. The minimum absolute atomic E-state index is 0.127. The quantitative estimate of drug-likeness (QED) is 0.395. The number of carbonyl (C=O) groups is 2. The lowest BCUT2D eigenvalue weighted by Crippen LogP contribution is -2.67. The van der Waals surface area contributed by atoms with Gasteiger partial charge >= 0.3 is 5.97 Å². The van der Waals surface area contributed by atoms with E-state index < -0.39 is 27.5 Å². The zero-order valence-corrected chi connectivity index (χ0v) is 22.0. The maximum Gasteiger partial charge on any atom is 0.313 e. The van der Waals surface area contributed by atoms with Gasteiger partial charge in [-0.15, -0.1) is 0 Å². The van der Waals surface area contributed by atoms with Crippen molar-refractivity contribution in [2.75, 3.05) is 59.2 Å². The first-order valence-electron chi connectivity index (χ1n) is 12.7. The molecule has 0 saturated carbocycles. The summed E-state index contributed by atoms with van der Waals surface area (Å²) in [7, 11) is -0.527. The second-order valence-corrected chi connectivity index (χ2v) is 12.5. The average molecular weight is 520 g/mol. The van der Waals surface area contributed by atoms with Crippen molar-refractivity contribution in [2.45, 2.75) is 38.1 Å². The molecule has 1 aromatic carbocycles. The van der Waals surface area contributed by atoms with Crippen LogP contribution in [0.5, 0.6) is 0 Å². The molecular weight excluding hydrogens is 482 g/mol. The lowest BCUT2D eigenvalue weighted by atomic mass is 9.79. The molecule has 36 heavy (non-hydrogen) atoms. The number of ether oxygens (including phenoxy) is 1. The summed E-state index contributed by atoms with van der Waals surface area (Å²) >= 11 is 0. The van der Waals surface area contributed by atoms with Crippen LogP contribution in [0.3, 0.4) is 0 Å². The molecular formula is C26H37N3O6S. The van der Waals surface area contributed by atoms with Gasteiger partial charge in [-0.3, -0.25) is 14.2 Å². The minimum Gasteiger partial charge on any atom is -0.498 e. The van der Waals surface area contributed by atoms with Gasteiger partial charge in [-0.2, -0.15) is 4.31 Å². The zero-order valence-electron chi connectivity index (χ0n) is 21.2. The third-order valence-corrected chi connectivity index (χ3v) is 10.5. The van der Waals surface area contributed by atoms with Crippen molar-refractivity contribution in [3.63, 3.8) is 0 Å². The molecule has 198 valence electrons. The highest BCUT2D eigenvalue weighted by atomic mass is 32.2. The highest BCUT2D eigenvalue weighted by Gasteiger charge is 2.53. The Morgan fingerprint density at radius 3 is 2.39 bits per heavy atom. The molecule has 3 aliphatic rings. The van der Waals surface area contributed by atoms with Crippen molar-refractivity contribution in [3.05, 3.63) is 42.0 Å². The van der Waals surface area contributed by atoms with Crippen molar-refractivity contribution in [2.24, 2.45) is 5.41 Å². The largest absolute Gasteiger partial charge is 0.498 e. The summed E-state index contributed by atoms with van der Waals surface area (Å²) in [5.74, 6) is -0.963. The first-order valence-corrected chi connectivity index (χ1v) is 14.3. The van der Waals surface area contributed by atoms with E-state index in [1.165, 1.54) is 11.4 Å². The zero-order chi connectivity index (χ0) is 26.0. The van der Waals surface area contributed by atoms with Gasteiger partial charge < -0.3 is 14.6 Å². The summed E-state index contributed by atoms with van der Waals surface area (Å²) in [6, 6.07) is 10.0. The molecule has 4 rings (SSSR count). The number of piperidine rings is 1. The van der Waals surface area contributed by atoms with Crippen LogP contribution in [0.15, 0.2) is 36.4 Å². The van der Waals surface area contributed by atoms with Crippen LogP contribution in [0, 0.1) is 5.41 Å². The molecule has 1 atom stereocenters. The lowest BCUT2D eigenvalue weighted by Gasteiger charge is -2.48. The number of nitrogens with zero attached hydrogens (tertiary/aromatic N) is 3. The van der Waals surface area contributed by atoms with Crippen molar-refractivity contribution in [1.82, 2.24) is 9.21 Å². The van der Waals surface area contributed by atoms with Crippen molar-refractivity contribution in [3.8, 4) is 0 Å². The molecule has 0 aromatic heterocycles. The Bertz CT molecular complexity index is 1100. The number of carbonyl (C=O) groups excluding carboxylic acids is 2. The van der Waals surface area contributed by atoms with Gasteiger partial charge in [-0.05, 0) is 44.0 Å². The van der Waals surface area contributed by atoms with Crippen LogP contribution in [0.1, 0.15) is 37.7 Å². The second kappa shape index (κ2) is 10.6. The number of methoxy groups -OCH3 is 1. The van der Waals surface area contributed by atoms with Crippen LogP contribution in [-0.4, -0.2) is 99.4 Å². The summed E-state index contributed by atoms with van der Waals surface area (Å²) in [6.45, 7) is 2.22. The van der Waals surface area contributed by atoms with Crippen LogP contribution in [-0.2, 0) is 19.6 Å². The number of quaternary nitrogens is 1. The number of hydrogen-bond donors (Lipinski definition) is 0. The standard InChI is InChI=1S/C26H37N3O6S/c1-27-14-6-9-23(27)19-29(25(31)32)17-12-26(13-18-29,24(30)35-2)20-36(33,34)28-15-10-22(11-16-28)21-7-4-3-5-8-21/h3-5,7-8,10,23H,6,9,11-20H2,1-2H3/t23-,26?,29?/m0/s1. The van der Waals surface area contributed by atoms with Crippen LogP contribution < -0.4 is 5.11 Å². The van der Waals surface area contributed by atoms with Crippen LogP contribution in [0.2, 0.25) is 0 Å². The van der Waals surface area contributed by atoms with Gasteiger partial charge in [0.1, 0.15) is 6.54 Å². The van der Waals surface area contributed by atoms with E-state index in [0.29, 0.717) is 19.5 Å². The summed E-state index contributed by atoms with van der Waals surface area (Å²) in [5.41, 5.74) is 0.919. The fraction of sp³-hybridized carbons (Fsp3) is 0.615. The van der Waals surface area contributed by atoms with E-state index in [0.717, 1.165) is 30.5 Å². The Hall–Kier alpha value is -2.27. The number of carboxylic acid groups (broad SMARTS) is 1. The summed E-state index contributed by atoms with van der Waals surface area (Å²) < 4.78 is 33.2. The number of amides is 1. The predicted octanol–water partition coefficient (Wildman–Crippen LogP) is 1.31. The molecule has 2 fully saturated rings. The number of rotatable bonds is 7. The topological polar surface area (TPSA) is 107 Å². The Balaban J connectivity index is 1.49. The fourth-order valence-electron chi connectivity index (χ4n) is 6.03. The molecule has 0 unspecified atom stereocenters. The molecule has 0 N–H and O–H groups in total. The number of benzene rings is 1. The lowest BCUT2D eigenvalue weighted by molar-refractivity contribution is -0.884. The molecule has 10 heteroatoms. The minimum atomic E-state index is -3.78. The molecule has 0 spiro atoms. The molecule has 9 nitrogen and oxygen atoms in total. The number of sulfonamides is 1. The predicted molar refractivity (Wildman–Crippen MR) is 134 cm³/mol. The normalized spacial score (nSPS) is 30.1. The fourth-order valence-corrected chi connectivity index (χ4v) is 7.99. The van der Waals surface area contributed by atoms with Gasteiger partial charge in [0.2, 0.25) is 10.0 Å². The highest BCUT2D eigenvalue weighted by Crippen LogP contribution is 2.39. The number of esters is 1. The summed E-state index contributed by atoms with van der Waals surface area (Å²) in [5, 5.41) is 12.3. The molecule has 0 bridgehead atoms. The van der Waals surface area contributed by atoms with Gasteiger partial charge in [0.25, 0.3) is 6.09 Å². The van der Waals surface area contributed by atoms with Crippen LogP contribution in [0.4, 0.5) is 4.79 Å². The molecule has 2 saturated heterocycles. The van der Waals surface area contributed by atoms with Gasteiger partial charge in [-0.1, -0.05) is 36.4 Å². The van der Waals surface area contributed by atoms with Gasteiger partial charge in [-0.25, -0.2) is 8.42 Å². The van der Waals surface area contributed by atoms with E-state index in [9.17, 15) is 23.1 Å². The van der Waals surface area contributed by atoms with Crippen molar-refractivity contribution >= 4 is 27.7 Å². The van der Waals surface area contributed by atoms with Crippen LogP contribution >= 0.6 is 0 Å². The third-order valence-electron chi connectivity index (χ3n) is 8.44. The highest BCUT2D eigenvalue weighted by molar-refractivity contribution is 7.89. The Labute approximate surface area is 214 Å². The first-order chi connectivity index (χ1) is 17.1. The van der Waals surface area contributed by atoms with Gasteiger partial charge in [0.05, 0.1) is 37.4 Å². The molecule has 1 amide bonds. The average Bonchev–Trinajstić information content (AvgIpc) is 3.29. The van der Waals surface area contributed by atoms with E-state index in [2.05, 4.69) is 4.90 Å². The second-order valence-electron chi connectivity index (χ2n) is 10.5. The van der Waals surface area contributed by atoms with Crippen LogP contribution in [0.25, 0.3) is 5.57 Å². The monoisotopic (exact) mass is 519 g/mol. The molecule has 1 aromatic rings. The summed E-state index contributed by atoms with van der Waals surface area (Å²) in [6.07, 6.45) is 3.56. The van der Waals surface area contributed by atoms with Crippen molar-refractivity contribution in [1.29, 1.82) is 0 Å².